The van der Waals surface area contributed by atoms with Gasteiger partial charge in [0.1, 0.15) is 0 Å². The fourth-order valence-corrected chi connectivity index (χ4v) is 2.91. The third-order valence-corrected chi connectivity index (χ3v) is 4.11. The highest BCUT2D eigenvalue weighted by Crippen LogP contribution is 2.25. The first kappa shape index (κ1) is 15.0. The zero-order chi connectivity index (χ0) is 15.4. The molecule has 1 saturated heterocycles. The second-order valence-corrected chi connectivity index (χ2v) is 5.98. The maximum atomic E-state index is 12.1. The highest BCUT2D eigenvalue weighted by atomic mass is 32.1. The van der Waals surface area contributed by atoms with Gasteiger partial charge in [-0.05, 0) is 12.1 Å². The summed E-state index contributed by atoms with van der Waals surface area (Å²) in [6, 6.07) is 7.63. The minimum Gasteiger partial charge on any atom is -0.379 e. The molecule has 2 aromatic rings. The number of aromatic nitrogens is 1. The second-order valence-electron chi connectivity index (χ2n) is 5.09. The third-order valence-electron chi connectivity index (χ3n) is 3.43. The summed E-state index contributed by atoms with van der Waals surface area (Å²) in [6.07, 6.45) is 0. The molecule has 3 N–H and O–H groups in total. The van der Waals surface area contributed by atoms with Crippen molar-refractivity contribution in [3.63, 3.8) is 0 Å². The molecular formula is C15H18N4O2S. The number of hydrogen-bond acceptors (Lipinski definition) is 6. The molecule has 1 aromatic heterocycles. The Kier molecular flexibility index (Phi) is 4.67. The predicted octanol–water partition coefficient (Wildman–Crippen LogP) is 1.66. The van der Waals surface area contributed by atoms with E-state index in [0.717, 1.165) is 30.0 Å². The molecule has 3 rings (SSSR count). The smallest absolute Gasteiger partial charge is 0.238 e. The van der Waals surface area contributed by atoms with Gasteiger partial charge in [0, 0.05) is 29.7 Å². The molecule has 6 nitrogen and oxygen atoms in total. The first-order chi connectivity index (χ1) is 10.7. The molecule has 0 radical (unpaired) electrons. The number of benzene rings is 1. The molecule has 1 aliphatic heterocycles. The normalized spacial score (nSPS) is 15.6. The molecule has 22 heavy (non-hydrogen) atoms. The van der Waals surface area contributed by atoms with Crippen molar-refractivity contribution in [2.75, 3.05) is 43.9 Å². The van der Waals surface area contributed by atoms with E-state index in [-0.39, 0.29) is 5.91 Å². The number of carbonyl (C=O) groups is 1. The van der Waals surface area contributed by atoms with Gasteiger partial charge in [0.2, 0.25) is 5.91 Å². The number of hydrogen-bond donors (Lipinski definition) is 2. The van der Waals surface area contributed by atoms with Gasteiger partial charge in [0.25, 0.3) is 0 Å². The maximum Gasteiger partial charge on any atom is 0.238 e. The van der Waals surface area contributed by atoms with Gasteiger partial charge in [-0.25, -0.2) is 4.98 Å². The molecular weight excluding hydrogens is 300 g/mol. The van der Waals surface area contributed by atoms with E-state index in [0.29, 0.717) is 24.9 Å². The van der Waals surface area contributed by atoms with Crippen LogP contribution in [0.2, 0.25) is 0 Å². The standard InChI is InChI=1S/C15H18N4O2S/c16-15-18-13(10-22-15)11-2-1-3-12(8-11)17-14(20)9-19-4-6-21-7-5-19/h1-3,8,10H,4-7,9H2,(H2,16,18)(H,17,20). The summed E-state index contributed by atoms with van der Waals surface area (Å²) in [5, 5.41) is 5.37. The van der Waals surface area contributed by atoms with Gasteiger partial charge < -0.3 is 15.8 Å². The fraction of sp³-hybridized carbons (Fsp3) is 0.333. The van der Waals surface area contributed by atoms with E-state index in [1.807, 2.05) is 29.6 Å². The molecule has 0 unspecified atom stereocenters. The number of nitrogens with zero attached hydrogens (tertiary/aromatic N) is 2. The molecule has 0 bridgehead atoms. The number of morpholine rings is 1. The van der Waals surface area contributed by atoms with E-state index in [1.54, 1.807) is 0 Å². The highest BCUT2D eigenvalue weighted by Gasteiger charge is 2.14. The molecule has 0 atom stereocenters. The number of thiazole rings is 1. The quantitative estimate of drug-likeness (QED) is 0.896. The number of nitrogens with one attached hydrogen (secondary N) is 1. The molecule has 0 spiro atoms. The van der Waals surface area contributed by atoms with Crippen molar-refractivity contribution < 1.29 is 9.53 Å². The summed E-state index contributed by atoms with van der Waals surface area (Å²) in [6.45, 7) is 3.36. The van der Waals surface area contributed by atoms with Crippen molar-refractivity contribution in [1.29, 1.82) is 0 Å². The van der Waals surface area contributed by atoms with Crippen molar-refractivity contribution in [1.82, 2.24) is 9.88 Å². The Balaban J connectivity index is 1.63. The van der Waals surface area contributed by atoms with E-state index in [2.05, 4.69) is 15.2 Å². The number of nitrogen functional groups attached to an aromatic ring is 1. The first-order valence-electron chi connectivity index (χ1n) is 7.12. The highest BCUT2D eigenvalue weighted by molar-refractivity contribution is 7.13. The van der Waals surface area contributed by atoms with E-state index in [9.17, 15) is 4.79 Å². The van der Waals surface area contributed by atoms with Gasteiger partial charge >= 0.3 is 0 Å². The number of ether oxygens (including phenoxy) is 1. The summed E-state index contributed by atoms with van der Waals surface area (Å²) in [4.78, 5) is 18.4. The van der Waals surface area contributed by atoms with Crippen LogP contribution in [0.1, 0.15) is 0 Å². The lowest BCUT2D eigenvalue weighted by Gasteiger charge is -2.25. The molecule has 0 saturated carbocycles. The van der Waals surface area contributed by atoms with Crippen LogP contribution in [0.5, 0.6) is 0 Å². The van der Waals surface area contributed by atoms with Gasteiger partial charge in [-0.1, -0.05) is 12.1 Å². The Morgan fingerprint density at radius 3 is 2.95 bits per heavy atom. The molecule has 1 amide bonds. The third kappa shape index (κ3) is 3.82. The lowest BCUT2D eigenvalue weighted by Crippen LogP contribution is -2.41. The molecule has 1 aliphatic rings. The Morgan fingerprint density at radius 2 is 2.23 bits per heavy atom. The van der Waals surface area contributed by atoms with Gasteiger partial charge in [0.05, 0.1) is 25.5 Å². The Labute approximate surface area is 132 Å². The molecule has 116 valence electrons. The van der Waals surface area contributed by atoms with E-state index >= 15 is 0 Å². The number of carbonyl (C=O) groups excluding carboxylic acids is 1. The second kappa shape index (κ2) is 6.87. The van der Waals surface area contributed by atoms with E-state index < -0.39 is 0 Å². The largest absolute Gasteiger partial charge is 0.379 e. The van der Waals surface area contributed by atoms with E-state index in [4.69, 9.17) is 10.5 Å². The lowest BCUT2D eigenvalue weighted by atomic mass is 10.1. The summed E-state index contributed by atoms with van der Waals surface area (Å²) >= 11 is 1.40. The van der Waals surface area contributed by atoms with Crippen molar-refractivity contribution in [2.24, 2.45) is 0 Å². The van der Waals surface area contributed by atoms with Crippen LogP contribution in [0.3, 0.4) is 0 Å². The number of amides is 1. The number of nitrogens with two attached hydrogens (primary N) is 1. The van der Waals surface area contributed by atoms with Crippen LogP contribution in [0.15, 0.2) is 29.6 Å². The van der Waals surface area contributed by atoms with Crippen LogP contribution < -0.4 is 11.1 Å². The fourth-order valence-electron chi connectivity index (χ4n) is 2.34. The Morgan fingerprint density at radius 1 is 1.41 bits per heavy atom. The summed E-state index contributed by atoms with van der Waals surface area (Å²) < 4.78 is 5.28. The number of rotatable bonds is 4. The van der Waals surface area contributed by atoms with Gasteiger partial charge in [-0.3, -0.25) is 9.69 Å². The van der Waals surface area contributed by atoms with Crippen molar-refractivity contribution in [2.45, 2.75) is 0 Å². The molecule has 2 heterocycles. The molecule has 0 aliphatic carbocycles. The summed E-state index contributed by atoms with van der Waals surface area (Å²) in [5.74, 6) is -0.0168. The minimum atomic E-state index is -0.0168. The summed E-state index contributed by atoms with van der Waals surface area (Å²) in [5.41, 5.74) is 8.19. The van der Waals surface area contributed by atoms with Crippen LogP contribution in [0.25, 0.3) is 11.3 Å². The molecule has 1 fully saturated rings. The van der Waals surface area contributed by atoms with Crippen LogP contribution >= 0.6 is 11.3 Å². The maximum absolute atomic E-state index is 12.1. The topological polar surface area (TPSA) is 80.5 Å². The molecule has 7 heteroatoms. The number of anilines is 2. The predicted molar refractivity (Wildman–Crippen MR) is 87.9 cm³/mol. The zero-order valence-corrected chi connectivity index (χ0v) is 12.9. The van der Waals surface area contributed by atoms with Crippen LogP contribution in [0.4, 0.5) is 10.8 Å². The van der Waals surface area contributed by atoms with Gasteiger partial charge in [-0.2, -0.15) is 0 Å². The van der Waals surface area contributed by atoms with Gasteiger partial charge in [-0.15, -0.1) is 11.3 Å². The van der Waals surface area contributed by atoms with Crippen molar-refractivity contribution in [3.8, 4) is 11.3 Å². The average Bonchev–Trinajstić information content (AvgIpc) is 2.95. The first-order valence-corrected chi connectivity index (χ1v) is 8.00. The average molecular weight is 318 g/mol. The Hall–Kier alpha value is -1.96. The monoisotopic (exact) mass is 318 g/mol. The minimum absolute atomic E-state index is 0.0168. The summed E-state index contributed by atoms with van der Waals surface area (Å²) in [7, 11) is 0. The molecule has 1 aromatic carbocycles. The Bertz CT molecular complexity index is 652. The van der Waals surface area contributed by atoms with Gasteiger partial charge in [0.15, 0.2) is 5.13 Å². The van der Waals surface area contributed by atoms with Crippen molar-refractivity contribution in [3.05, 3.63) is 29.6 Å². The SMILES string of the molecule is Nc1nc(-c2cccc(NC(=O)CN3CCOCC3)c2)cs1. The zero-order valence-electron chi connectivity index (χ0n) is 12.1. The van der Waals surface area contributed by atoms with Crippen LogP contribution in [-0.2, 0) is 9.53 Å². The van der Waals surface area contributed by atoms with E-state index in [1.165, 1.54) is 11.3 Å². The van der Waals surface area contributed by atoms with Crippen LogP contribution in [-0.4, -0.2) is 48.6 Å². The van der Waals surface area contributed by atoms with Crippen LogP contribution in [0, 0.1) is 0 Å². The van der Waals surface area contributed by atoms with Crippen molar-refractivity contribution >= 4 is 28.1 Å². The lowest BCUT2D eigenvalue weighted by molar-refractivity contribution is -0.118.